The van der Waals surface area contributed by atoms with E-state index in [9.17, 15) is 9.59 Å². The highest BCUT2D eigenvalue weighted by atomic mass is 16.2. The maximum atomic E-state index is 12.1. The topological polar surface area (TPSA) is 75.4 Å². The van der Waals surface area contributed by atoms with E-state index < -0.39 is 5.91 Å². The summed E-state index contributed by atoms with van der Waals surface area (Å²) in [5.41, 5.74) is 7.50. The third-order valence-electron chi connectivity index (χ3n) is 4.44. The average Bonchev–Trinajstić information content (AvgIpc) is 2.67. The number of nitrogens with zero attached hydrogens (tertiary/aromatic N) is 1. The Bertz CT molecular complexity index is 951. The van der Waals surface area contributed by atoms with Crippen LogP contribution in [0.5, 0.6) is 0 Å². The van der Waals surface area contributed by atoms with Gasteiger partial charge in [0.05, 0.1) is 0 Å². The molecule has 0 saturated heterocycles. The van der Waals surface area contributed by atoms with Gasteiger partial charge in [0.25, 0.3) is 0 Å². The molecule has 0 radical (unpaired) electrons. The molecule has 138 valence electrons. The van der Waals surface area contributed by atoms with Crippen LogP contribution in [0.4, 0.5) is 5.69 Å². The highest BCUT2D eigenvalue weighted by Crippen LogP contribution is 2.16. The molecule has 0 bridgehead atoms. The zero-order valence-corrected chi connectivity index (χ0v) is 15.3. The summed E-state index contributed by atoms with van der Waals surface area (Å²) in [7, 11) is 2.00. The highest BCUT2D eigenvalue weighted by Gasteiger charge is 2.07. The first-order chi connectivity index (χ1) is 13.0. The first-order valence-corrected chi connectivity index (χ1v) is 8.87. The molecule has 3 aromatic rings. The zero-order valence-electron chi connectivity index (χ0n) is 15.3. The molecule has 5 heteroatoms. The fourth-order valence-electron chi connectivity index (χ4n) is 2.96. The maximum Gasteiger partial charge on any atom is 0.248 e. The van der Waals surface area contributed by atoms with E-state index in [0.717, 1.165) is 6.54 Å². The number of primary amides is 1. The third kappa shape index (κ3) is 5.15. The molecule has 2 amide bonds. The van der Waals surface area contributed by atoms with E-state index in [1.807, 2.05) is 19.2 Å². The van der Waals surface area contributed by atoms with Gasteiger partial charge in [0.15, 0.2) is 0 Å². The summed E-state index contributed by atoms with van der Waals surface area (Å²) in [5.74, 6) is -0.546. The summed E-state index contributed by atoms with van der Waals surface area (Å²) >= 11 is 0. The monoisotopic (exact) mass is 361 g/mol. The van der Waals surface area contributed by atoms with Gasteiger partial charge in [-0.2, -0.15) is 0 Å². The molecule has 0 aliphatic rings. The predicted molar refractivity (Wildman–Crippen MR) is 108 cm³/mol. The third-order valence-corrected chi connectivity index (χ3v) is 4.44. The normalized spacial score (nSPS) is 10.9. The number of rotatable bonds is 7. The Hall–Kier alpha value is -3.18. The summed E-state index contributed by atoms with van der Waals surface area (Å²) in [6.45, 7) is 1.43. The Morgan fingerprint density at radius 2 is 1.67 bits per heavy atom. The lowest BCUT2D eigenvalue weighted by atomic mass is 10.1. The van der Waals surface area contributed by atoms with Crippen LogP contribution < -0.4 is 11.1 Å². The molecule has 0 heterocycles. The summed E-state index contributed by atoms with van der Waals surface area (Å²) in [6, 6.07) is 21.3. The van der Waals surface area contributed by atoms with Crippen molar-refractivity contribution in [2.45, 2.75) is 13.0 Å². The van der Waals surface area contributed by atoms with E-state index in [-0.39, 0.29) is 5.91 Å². The smallest absolute Gasteiger partial charge is 0.248 e. The summed E-state index contributed by atoms with van der Waals surface area (Å²) < 4.78 is 0. The fourth-order valence-corrected chi connectivity index (χ4v) is 2.96. The van der Waals surface area contributed by atoms with Crippen molar-refractivity contribution in [3.8, 4) is 0 Å². The van der Waals surface area contributed by atoms with Gasteiger partial charge in [-0.15, -0.1) is 0 Å². The standard InChI is InChI=1S/C22H23N3O2/c1-25(15-16-6-7-17-4-2-3-5-19(17)14-16)13-12-21(26)24-20-10-8-18(9-11-20)22(23)27/h2-11,14H,12-13,15H2,1H3,(H2,23,27)(H,24,26). The second-order valence-electron chi connectivity index (χ2n) is 6.66. The minimum absolute atomic E-state index is 0.0628. The number of fused-ring (bicyclic) bond motifs is 1. The Morgan fingerprint density at radius 1 is 0.963 bits per heavy atom. The maximum absolute atomic E-state index is 12.1. The molecule has 0 atom stereocenters. The molecule has 3 aromatic carbocycles. The number of carbonyl (C=O) groups excluding carboxylic acids is 2. The van der Waals surface area contributed by atoms with Crippen molar-refractivity contribution < 1.29 is 9.59 Å². The molecular formula is C22H23N3O2. The number of nitrogens with two attached hydrogens (primary N) is 1. The molecule has 3 N–H and O–H groups in total. The van der Waals surface area contributed by atoms with Crippen LogP contribution in [0.15, 0.2) is 66.7 Å². The van der Waals surface area contributed by atoms with Crippen LogP contribution in [0.2, 0.25) is 0 Å². The lowest BCUT2D eigenvalue weighted by Crippen LogP contribution is -2.24. The summed E-state index contributed by atoms with van der Waals surface area (Å²) in [4.78, 5) is 25.3. The van der Waals surface area contributed by atoms with E-state index in [1.165, 1.54) is 16.3 Å². The summed E-state index contributed by atoms with van der Waals surface area (Å²) in [5, 5.41) is 5.28. The number of hydrogen-bond donors (Lipinski definition) is 2. The van der Waals surface area contributed by atoms with Gasteiger partial charge < -0.3 is 16.0 Å². The number of carbonyl (C=O) groups is 2. The number of nitrogens with one attached hydrogen (secondary N) is 1. The van der Waals surface area contributed by atoms with E-state index in [1.54, 1.807) is 24.3 Å². The van der Waals surface area contributed by atoms with Gasteiger partial charge in [0.2, 0.25) is 11.8 Å². The second-order valence-corrected chi connectivity index (χ2v) is 6.66. The Balaban J connectivity index is 1.49. The Kier molecular flexibility index (Phi) is 5.84. The van der Waals surface area contributed by atoms with Crippen molar-refractivity contribution in [2.75, 3.05) is 18.9 Å². The van der Waals surface area contributed by atoms with Crippen LogP contribution in [0.3, 0.4) is 0 Å². The zero-order chi connectivity index (χ0) is 19.2. The first kappa shape index (κ1) is 18.6. The molecule has 0 aromatic heterocycles. The predicted octanol–water partition coefficient (Wildman–Crippen LogP) is 3.40. The Morgan fingerprint density at radius 3 is 2.37 bits per heavy atom. The quantitative estimate of drug-likeness (QED) is 0.677. The average molecular weight is 361 g/mol. The molecule has 0 aliphatic carbocycles. The molecular weight excluding hydrogens is 338 g/mol. The van der Waals surface area contributed by atoms with E-state index in [0.29, 0.717) is 24.2 Å². The first-order valence-electron chi connectivity index (χ1n) is 8.87. The van der Waals surface area contributed by atoms with Gasteiger partial charge in [-0.1, -0.05) is 36.4 Å². The SMILES string of the molecule is CN(CCC(=O)Nc1ccc(C(N)=O)cc1)Cc1ccc2ccccc2c1. The minimum atomic E-state index is -0.483. The number of benzene rings is 3. The van der Waals surface area contributed by atoms with Crippen molar-refractivity contribution >= 4 is 28.3 Å². The molecule has 0 spiro atoms. The van der Waals surface area contributed by atoms with Gasteiger partial charge in [-0.25, -0.2) is 0 Å². The Labute approximate surface area is 158 Å². The number of amides is 2. The van der Waals surface area contributed by atoms with Gasteiger partial charge in [-0.05, 0) is 53.7 Å². The van der Waals surface area contributed by atoms with Crippen molar-refractivity contribution in [3.63, 3.8) is 0 Å². The van der Waals surface area contributed by atoms with Gasteiger partial charge in [-0.3, -0.25) is 9.59 Å². The van der Waals surface area contributed by atoms with Crippen LogP contribution >= 0.6 is 0 Å². The summed E-state index contributed by atoms with van der Waals surface area (Å²) in [6.07, 6.45) is 0.391. The van der Waals surface area contributed by atoms with Gasteiger partial charge >= 0.3 is 0 Å². The van der Waals surface area contributed by atoms with Gasteiger partial charge in [0.1, 0.15) is 0 Å². The van der Waals surface area contributed by atoms with E-state index in [2.05, 4.69) is 40.5 Å². The number of anilines is 1. The van der Waals surface area contributed by atoms with E-state index in [4.69, 9.17) is 5.73 Å². The highest BCUT2D eigenvalue weighted by molar-refractivity contribution is 5.94. The van der Waals surface area contributed by atoms with E-state index >= 15 is 0 Å². The molecule has 0 fully saturated rings. The van der Waals surface area contributed by atoms with Crippen molar-refractivity contribution in [1.29, 1.82) is 0 Å². The largest absolute Gasteiger partial charge is 0.366 e. The van der Waals surface area contributed by atoms with Crippen molar-refractivity contribution in [3.05, 3.63) is 77.9 Å². The second kappa shape index (κ2) is 8.47. The lowest BCUT2D eigenvalue weighted by molar-refractivity contribution is -0.116. The van der Waals surface area contributed by atoms with Crippen LogP contribution in [0.1, 0.15) is 22.3 Å². The van der Waals surface area contributed by atoms with Crippen LogP contribution in [0.25, 0.3) is 10.8 Å². The molecule has 5 nitrogen and oxygen atoms in total. The van der Waals surface area contributed by atoms with Gasteiger partial charge in [0, 0.05) is 30.8 Å². The van der Waals surface area contributed by atoms with Crippen molar-refractivity contribution in [1.82, 2.24) is 4.90 Å². The lowest BCUT2D eigenvalue weighted by Gasteiger charge is -2.17. The number of hydrogen-bond acceptors (Lipinski definition) is 3. The minimum Gasteiger partial charge on any atom is -0.366 e. The fraction of sp³-hybridized carbons (Fsp3) is 0.182. The van der Waals surface area contributed by atoms with Crippen LogP contribution in [-0.2, 0) is 11.3 Å². The molecule has 0 saturated carbocycles. The van der Waals surface area contributed by atoms with Crippen molar-refractivity contribution in [2.24, 2.45) is 5.73 Å². The molecule has 3 rings (SSSR count). The molecule has 0 unspecified atom stereocenters. The van der Waals surface area contributed by atoms with Crippen LogP contribution in [-0.4, -0.2) is 30.3 Å². The molecule has 27 heavy (non-hydrogen) atoms. The molecule has 0 aliphatic heterocycles. The van der Waals surface area contributed by atoms with Crippen LogP contribution in [0, 0.1) is 0 Å².